The summed E-state index contributed by atoms with van der Waals surface area (Å²) in [5.74, 6) is 1.32. The van der Waals surface area contributed by atoms with Crippen molar-refractivity contribution in [1.82, 2.24) is 9.97 Å². The average molecular weight is 235 g/mol. The van der Waals surface area contributed by atoms with Crippen LogP contribution in [0.25, 0.3) is 0 Å². The molecule has 0 saturated carbocycles. The standard InChI is InChI=1S/C11H17N5O/c1-8-3-2-6-16(7-8)11-13-5-4-9(14-11)10(12)15-17/h4-5,8,17H,2-3,6-7H2,1H3,(H2,12,15). The maximum atomic E-state index is 8.62. The van der Waals surface area contributed by atoms with E-state index in [2.05, 4.69) is 26.9 Å². The molecule has 17 heavy (non-hydrogen) atoms. The minimum absolute atomic E-state index is 0.0127. The average Bonchev–Trinajstić information content (AvgIpc) is 2.38. The van der Waals surface area contributed by atoms with Crippen molar-refractivity contribution in [3.05, 3.63) is 18.0 Å². The summed E-state index contributed by atoms with van der Waals surface area (Å²) >= 11 is 0. The van der Waals surface area contributed by atoms with Gasteiger partial charge in [0.25, 0.3) is 0 Å². The van der Waals surface area contributed by atoms with Gasteiger partial charge in [0.2, 0.25) is 5.95 Å². The maximum absolute atomic E-state index is 8.62. The fourth-order valence-electron chi connectivity index (χ4n) is 2.07. The van der Waals surface area contributed by atoms with E-state index in [4.69, 9.17) is 10.9 Å². The van der Waals surface area contributed by atoms with Gasteiger partial charge in [0.05, 0.1) is 0 Å². The summed E-state index contributed by atoms with van der Waals surface area (Å²) in [6.45, 7) is 4.14. The van der Waals surface area contributed by atoms with Gasteiger partial charge in [-0.1, -0.05) is 12.1 Å². The zero-order valence-corrected chi connectivity index (χ0v) is 9.87. The van der Waals surface area contributed by atoms with Crippen molar-refractivity contribution in [2.24, 2.45) is 16.8 Å². The van der Waals surface area contributed by atoms with Crippen LogP contribution in [0.1, 0.15) is 25.5 Å². The van der Waals surface area contributed by atoms with E-state index >= 15 is 0 Å². The van der Waals surface area contributed by atoms with Gasteiger partial charge in [-0.3, -0.25) is 0 Å². The second-order valence-corrected chi connectivity index (χ2v) is 4.42. The molecule has 0 spiro atoms. The highest BCUT2D eigenvalue weighted by atomic mass is 16.4. The van der Waals surface area contributed by atoms with E-state index in [0.717, 1.165) is 19.5 Å². The Balaban J connectivity index is 2.21. The molecular formula is C11H17N5O. The second kappa shape index (κ2) is 4.99. The zero-order chi connectivity index (χ0) is 12.3. The molecule has 1 unspecified atom stereocenters. The molecule has 6 nitrogen and oxygen atoms in total. The van der Waals surface area contributed by atoms with Gasteiger partial charge in [0.15, 0.2) is 5.84 Å². The van der Waals surface area contributed by atoms with Crippen LogP contribution in [-0.2, 0) is 0 Å². The Bertz CT molecular complexity index is 420. The number of oxime groups is 1. The molecule has 2 rings (SSSR count). The summed E-state index contributed by atoms with van der Waals surface area (Å²) in [5, 5.41) is 11.6. The number of aromatic nitrogens is 2. The monoisotopic (exact) mass is 235 g/mol. The lowest BCUT2D eigenvalue weighted by Gasteiger charge is -2.30. The Kier molecular flexibility index (Phi) is 3.41. The molecule has 2 heterocycles. The first-order chi connectivity index (χ1) is 8.20. The van der Waals surface area contributed by atoms with Crippen LogP contribution in [0.15, 0.2) is 17.4 Å². The van der Waals surface area contributed by atoms with E-state index in [0.29, 0.717) is 17.6 Å². The van der Waals surface area contributed by atoms with Crippen molar-refractivity contribution in [3.63, 3.8) is 0 Å². The van der Waals surface area contributed by atoms with E-state index in [9.17, 15) is 0 Å². The van der Waals surface area contributed by atoms with Crippen LogP contribution in [0, 0.1) is 5.92 Å². The largest absolute Gasteiger partial charge is 0.409 e. The third-order valence-corrected chi connectivity index (χ3v) is 2.95. The number of piperidine rings is 1. The van der Waals surface area contributed by atoms with Gasteiger partial charge in [-0.25, -0.2) is 9.97 Å². The van der Waals surface area contributed by atoms with Crippen molar-refractivity contribution >= 4 is 11.8 Å². The molecule has 1 aromatic heterocycles. The molecule has 0 radical (unpaired) electrons. The van der Waals surface area contributed by atoms with E-state index in [1.54, 1.807) is 12.3 Å². The molecule has 6 heteroatoms. The van der Waals surface area contributed by atoms with Crippen LogP contribution in [0.2, 0.25) is 0 Å². The van der Waals surface area contributed by atoms with Gasteiger partial charge in [-0.2, -0.15) is 0 Å². The van der Waals surface area contributed by atoms with Gasteiger partial charge in [0.1, 0.15) is 5.69 Å². The number of amidine groups is 1. The third kappa shape index (κ3) is 2.64. The smallest absolute Gasteiger partial charge is 0.225 e. The number of nitrogens with zero attached hydrogens (tertiary/aromatic N) is 4. The van der Waals surface area contributed by atoms with Gasteiger partial charge < -0.3 is 15.8 Å². The van der Waals surface area contributed by atoms with E-state index < -0.39 is 0 Å². The number of anilines is 1. The minimum Gasteiger partial charge on any atom is -0.409 e. The molecule has 1 aliphatic heterocycles. The van der Waals surface area contributed by atoms with Gasteiger partial charge in [-0.05, 0) is 24.8 Å². The van der Waals surface area contributed by atoms with E-state index in [1.165, 1.54) is 6.42 Å². The van der Waals surface area contributed by atoms with Crippen molar-refractivity contribution in [3.8, 4) is 0 Å². The molecule has 0 amide bonds. The van der Waals surface area contributed by atoms with Crippen LogP contribution >= 0.6 is 0 Å². The van der Waals surface area contributed by atoms with E-state index in [-0.39, 0.29) is 5.84 Å². The summed E-state index contributed by atoms with van der Waals surface area (Å²) in [6, 6.07) is 1.63. The molecule has 1 aromatic rings. The van der Waals surface area contributed by atoms with Crippen molar-refractivity contribution in [2.75, 3.05) is 18.0 Å². The number of hydrogen-bond donors (Lipinski definition) is 2. The Labute approximate surface area is 100 Å². The predicted octanol–water partition coefficient (Wildman–Crippen LogP) is 0.807. The lowest BCUT2D eigenvalue weighted by molar-refractivity contribution is 0.318. The quantitative estimate of drug-likeness (QED) is 0.343. The van der Waals surface area contributed by atoms with Crippen LogP contribution in [0.4, 0.5) is 5.95 Å². The number of nitrogens with two attached hydrogens (primary N) is 1. The van der Waals surface area contributed by atoms with Gasteiger partial charge >= 0.3 is 0 Å². The minimum atomic E-state index is 0.0127. The predicted molar refractivity (Wildman–Crippen MR) is 65.2 cm³/mol. The highest BCUT2D eigenvalue weighted by molar-refractivity contribution is 5.95. The molecular weight excluding hydrogens is 218 g/mol. The Morgan fingerprint density at radius 1 is 1.65 bits per heavy atom. The molecule has 0 bridgehead atoms. The summed E-state index contributed by atoms with van der Waals surface area (Å²) in [6.07, 6.45) is 4.03. The Morgan fingerprint density at radius 2 is 2.47 bits per heavy atom. The molecule has 3 N–H and O–H groups in total. The first-order valence-corrected chi connectivity index (χ1v) is 5.76. The van der Waals surface area contributed by atoms with Crippen LogP contribution in [0.3, 0.4) is 0 Å². The summed E-state index contributed by atoms with van der Waals surface area (Å²) in [7, 11) is 0. The molecule has 0 aliphatic carbocycles. The van der Waals surface area contributed by atoms with Crippen molar-refractivity contribution < 1.29 is 5.21 Å². The zero-order valence-electron chi connectivity index (χ0n) is 9.87. The second-order valence-electron chi connectivity index (χ2n) is 4.42. The SMILES string of the molecule is CC1CCCN(c2nccc(/C(N)=N/O)n2)C1. The molecule has 0 aromatic carbocycles. The molecule has 1 aliphatic rings. The lowest BCUT2D eigenvalue weighted by Crippen LogP contribution is -2.35. The summed E-state index contributed by atoms with van der Waals surface area (Å²) in [5.41, 5.74) is 5.97. The van der Waals surface area contributed by atoms with Crippen LogP contribution in [0.5, 0.6) is 0 Å². The normalized spacial score (nSPS) is 21.6. The fourth-order valence-corrected chi connectivity index (χ4v) is 2.07. The third-order valence-electron chi connectivity index (χ3n) is 2.95. The van der Waals surface area contributed by atoms with Crippen LogP contribution < -0.4 is 10.6 Å². The molecule has 1 saturated heterocycles. The fraction of sp³-hybridized carbons (Fsp3) is 0.545. The summed E-state index contributed by atoms with van der Waals surface area (Å²) in [4.78, 5) is 10.7. The van der Waals surface area contributed by atoms with Crippen molar-refractivity contribution in [1.29, 1.82) is 0 Å². The molecule has 92 valence electrons. The maximum Gasteiger partial charge on any atom is 0.225 e. The lowest BCUT2D eigenvalue weighted by atomic mass is 10.0. The van der Waals surface area contributed by atoms with Gasteiger partial charge in [-0.15, -0.1) is 0 Å². The highest BCUT2D eigenvalue weighted by Crippen LogP contribution is 2.19. The summed E-state index contributed by atoms with van der Waals surface area (Å²) < 4.78 is 0. The topological polar surface area (TPSA) is 87.6 Å². The van der Waals surface area contributed by atoms with Gasteiger partial charge in [0, 0.05) is 19.3 Å². The highest BCUT2D eigenvalue weighted by Gasteiger charge is 2.19. The van der Waals surface area contributed by atoms with E-state index in [1.807, 2.05) is 0 Å². The van der Waals surface area contributed by atoms with Crippen LogP contribution in [-0.4, -0.2) is 34.1 Å². The Morgan fingerprint density at radius 3 is 3.18 bits per heavy atom. The molecule has 1 atom stereocenters. The Hall–Kier alpha value is -1.85. The first kappa shape index (κ1) is 11.6. The number of rotatable bonds is 2. The number of hydrogen-bond acceptors (Lipinski definition) is 5. The first-order valence-electron chi connectivity index (χ1n) is 5.76. The molecule has 1 fully saturated rings. The van der Waals surface area contributed by atoms with Crippen molar-refractivity contribution in [2.45, 2.75) is 19.8 Å².